The number of Topliss-reactive ketones (excluding diaryl/α,β-unsaturated/α-hetero) is 1. The van der Waals surface area contributed by atoms with E-state index in [1.54, 1.807) is 0 Å². The van der Waals surface area contributed by atoms with Crippen molar-refractivity contribution in [2.24, 2.45) is 5.92 Å². The number of fused-ring (bicyclic) bond motifs is 2. The first-order valence-electron chi connectivity index (χ1n) is 12.2. The van der Waals surface area contributed by atoms with Gasteiger partial charge < -0.3 is 15.2 Å². The van der Waals surface area contributed by atoms with Crippen molar-refractivity contribution in [3.05, 3.63) is 60.3 Å². The van der Waals surface area contributed by atoms with Crippen molar-refractivity contribution in [3.8, 4) is 0 Å². The number of piperazine rings is 1. The molecule has 166 valence electrons. The molecule has 1 aromatic heterocycles. The van der Waals surface area contributed by atoms with Crippen LogP contribution in [0.4, 0.5) is 11.4 Å². The van der Waals surface area contributed by atoms with E-state index in [9.17, 15) is 4.79 Å². The summed E-state index contributed by atoms with van der Waals surface area (Å²) in [7, 11) is 0. The van der Waals surface area contributed by atoms with E-state index in [0.29, 0.717) is 11.7 Å². The van der Waals surface area contributed by atoms with Crippen LogP contribution in [0, 0.1) is 5.92 Å². The first-order valence-corrected chi connectivity index (χ1v) is 12.2. The van der Waals surface area contributed by atoms with Gasteiger partial charge in [-0.3, -0.25) is 9.69 Å². The zero-order valence-corrected chi connectivity index (χ0v) is 18.6. The first kappa shape index (κ1) is 19.9. The second-order valence-corrected chi connectivity index (χ2v) is 9.74. The van der Waals surface area contributed by atoms with Gasteiger partial charge in [0, 0.05) is 67.1 Å². The second-order valence-electron chi connectivity index (χ2n) is 9.74. The van der Waals surface area contributed by atoms with Gasteiger partial charge in [-0.15, -0.1) is 0 Å². The fourth-order valence-electron chi connectivity index (χ4n) is 5.69. The Morgan fingerprint density at radius 2 is 1.81 bits per heavy atom. The number of benzene rings is 2. The highest BCUT2D eigenvalue weighted by molar-refractivity contribution is 5.92. The summed E-state index contributed by atoms with van der Waals surface area (Å²) in [4.78, 5) is 21.8. The van der Waals surface area contributed by atoms with Gasteiger partial charge in [0.1, 0.15) is 0 Å². The molecule has 32 heavy (non-hydrogen) atoms. The third kappa shape index (κ3) is 3.79. The molecule has 0 spiro atoms. The van der Waals surface area contributed by atoms with Crippen molar-refractivity contribution in [1.29, 1.82) is 0 Å². The SMILES string of the molecule is O=C(CC1CC1)C(C1CCc2ccccc2N1)N1CCN(c2cccc3[nH]ccc23)CC1. The first-order chi connectivity index (χ1) is 15.8. The Kier molecular flexibility index (Phi) is 5.14. The molecule has 1 aliphatic carbocycles. The number of nitrogens with zero attached hydrogens (tertiary/aromatic N) is 2. The van der Waals surface area contributed by atoms with Gasteiger partial charge in [0.2, 0.25) is 0 Å². The summed E-state index contributed by atoms with van der Waals surface area (Å²) in [6.45, 7) is 3.78. The number of aromatic amines is 1. The molecule has 0 amide bonds. The minimum absolute atomic E-state index is 0.0193. The number of carbonyl (C=O) groups is 1. The van der Waals surface area contributed by atoms with Gasteiger partial charge in [0.05, 0.1) is 6.04 Å². The summed E-state index contributed by atoms with van der Waals surface area (Å²) in [6.07, 6.45) is 7.32. The van der Waals surface area contributed by atoms with E-state index >= 15 is 0 Å². The zero-order valence-electron chi connectivity index (χ0n) is 18.6. The van der Waals surface area contributed by atoms with Crippen LogP contribution in [0.1, 0.15) is 31.2 Å². The standard InChI is InChI=1S/C27H32N4O/c32-26(18-19-8-9-19)27(24-11-10-20-4-1-2-5-22(20)29-24)31-16-14-30(15-17-31)25-7-3-6-23-21(25)12-13-28-23/h1-7,12-13,19,24,27-29H,8-11,14-18H2. The number of nitrogens with one attached hydrogen (secondary N) is 2. The molecule has 2 atom stereocenters. The van der Waals surface area contributed by atoms with Gasteiger partial charge in [-0.05, 0) is 61.4 Å². The summed E-state index contributed by atoms with van der Waals surface area (Å²) in [6, 6.07) is 17.4. The van der Waals surface area contributed by atoms with E-state index in [1.165, 1.54) is 40.7 Å². The zero-order chi connectivity index (χ0) is 21.5. The maximum atomic E-state index is 13.5. The lowest BCUT2D eigenvalue weighted by molar-refractivity contribution is -0.125. The van der Waals surface area contributed by atoms with Crippen LogP contribution in [0.25, 0.3) is 10.9 Å². The second kappa shape index (κ2) is 8.28. The molecular formula is C27H32N4O. The maximum absolute atomic E-state index is 13.5. The Labute approximate surface area is 189 Å². The lowest BCUT2D eigenvalue weighted by Gasteiger charge is -2.44. The molecular weight excluding hydrogens is 396 g/mol. The van der Waals surface area contributed by atoms with Crippen LogP contribution < -0.4 is 10.2 Å². The molecule has 2 fully saturated rings. The van der Waals surface area contributed by atoms with E-state index in [-0.39, 0.29) is 12.1 Å². The molecule has 1 saturated heterocycles. The van der Waals surface area contributed by atoms with E-state index in [0.717, 1.165) is 45.4 Å². The molecule has 1 saturated carbocycles. The lowest BCUT2D eigenvalue weighted by atomic mass is 9.89. The monoisotopic (exact) mass is 428 g/mol. The van der Waals surface area contributed by atoms with Gasteiger partial charge in [0.15, 0.2) is 5.78 Å². The van der Waals surface area contributed by atoms with E-state index in [1.807, 2.05) is 6.20 Å². The minimum atomic E-state index is -0.0193. The molecule has 0 bridgehead atoms. The average molecular weight is 429 g/mol. The highest BCUT2D eigenvalue weighted by Crippen LogP contribution is 2.35. The number of anilines is 2. The van der Waals surface area contributed by atoms with Crippen LogP contribution in [-0.2, 0) is 11.2 Å². The molecule has 3 heterocycles. The molecule has 5 nitrogen and oxygen atoms in total. The number of hydrogen-bond acceptors (Lipinski definition) is 4. The Hall–Kier alpha value is -2.79. The average Bonchev–Trinajstić information content (AvgIpc) is 3.51. The topological polar surface area (TPSA) is 51.4 Å². The van der Waals surface area contributed by atoms with Crippen LogP contribution >= 0.6 is 0 Å². The van der Waals surface area contributed by atoms with Crippen LogP contribution in [0.2, 0.25) is 0 Å². The number of aryl methyl sites for hydroxylation is 1. The minimum Gasteiger partial charge on any atom is -0.380 e. The number of rotatable bonds is 6. The van der Waals surface area contributed by atoms with E-state index in [4.69, 9.17) is 0 Å². The highest BCUT2D eigenvalue weighted by Gasteiger charge is 2.39. The van der Waals surface area contributed by atoms with Gasteiger partial charge in [-0.1, -0.05) is 24.3 Å². The maximum Gasteiger partial charge on any atom is 0.152 e. The summed E-state index contributed by atoms with van der Waals surface area (Å²) in [5.41, 5.74) is 5.08. The van der Waals surface area contributed by atoms with Crippen molar-refractivity contribution in [1.82, 2.24) is 9.88 Å². The molecule has 5 heteroatoms. The predicted octanol–water partition coefficient (Wildman–Crippen LogP) is 4.45. The number of ketones is 1. The molecule has 6 rings (SSSR count). The quantitative estimate of drug-likeness (QED) is 0.609. The lowest BCUT2D eigenvalue weighted by Crippen LogP contribution is -2.58. The van der Waals surface area contributed by atoms with Crippen LogP contribution in [-0.4, -0.2) is 53.9 Å². The van der Waals surface area contributed by atoms with Crippen molar-refractivity contribution in [2.75, 3.05) is 36.4 Å². The van der Waals surface area contributed by atoms with Gasteiger partial charge in [-0.2, -0.15) is 0 Å². The molecule has 2 unspecified atom stereocenters. The van der Waals surface area contributed by atoms with Crippen molar-refractivity contribution in [2.45, 2.75) is 44.2 Å². The number of aromatic nitrogens is 1. The molecule has 3 aromatic rings. The summed E-state index contributed by atoms with van der Waals surface area (Å²) in [5.74, 6) is 1.08. The smallest absolute Gasteiger partial charge is 0.152 e. The van der Waals surface area contributed by atoms with Crippen LogP contribution in [0.15, 0.2) is 54.7 Å². The Bertz CT molecular complexity index is 1110. The van der Waals surface area contributed by atoms with E-state index in [2.05, 4.69) is 68.6 Å². The molecule has 2 N–H and O–H groups in total. The van der Waals surface area contributed by atoms with Crippen molar-refractivity contribution >= 4 is 28.1 Å². The number of carbonyl (C=O) groups excluding carboxylic acids is 1. The summed E-state index contributed by atoms with van der Waals surface area (Å²) >= 11 is 0. The van der Waals surface area contributed by atoms with Crippen LogP contribution in [0.5, 0.6) is 0 Å². The Balaban J connectivity index is 1.20. The fraction of sp³-hybridized carbons (Fsp3) is 0.444. The fourth-order valence-corrected chi connectivity index (χ4v) is 5.69. The third-order valence-electron chi connectivity index (χ3n) is 7.60. The molecule has 2 aromatic carbocycles. The molecule has 2 aliphatic heterocycles. The highest BCUT2D eigenvalue weighted by atomic mass is 16.1. The Morgan fingerprint density at radius 1 is 0.969 bits per heavy atom. The third-order valence-corrected chi connectivity index (χ3v) is 7.60. The molecule has 0 radical (unpaired) electrons. The summed E-state index contributed by atoms with van der Waals surface area (Å²) < 4.78 is 0. The largest absolute Gasteiger partial charge is 0.380 e. The number of H-pyrrole nitrogens is 1. The normalized spacial score (nSPS) is 22.4. The predicted molar refractivity (Wildman–Crippen MR) is 130 cm³/mol. The Morgan fingerprint density at radius 3 is 2.66 bits per heavy atom. The summed E-state index contributed by atoms with van der Waals surface area (Å²) in [5, 5.41) is 5.04. The number of para-hydroxylation sites is 1. The van der Waals surface area contributed by atoms with Gasteiger partial charge >= 0.3 is 0 Å². The van der Waals surface area contributed by atoms with Crippen LogP contribution in [0.3, 0.4) is 0 Å². The number of hydrogen-bond donors (Lipinski definition) is 2. The van der Waals surface area contributed by atoms with Gasteiger partial charge in [-0.25, -0.2) is 0 Å². The van der Waals surface area contributed by atoms with Gasteiger partial charge in [0.25, 0.3) is 0 Å². The van der Waals surface area contributed by atoms with E-state index < -0.39 is 0 Å². The van der Waals surface area contributed by atoms with Crippen molar-refractivity contribution < 1.29 is 4.79 Å². The molecule has 3 aliphatic rings. The van der Waals surface area contributed by atoms with Crippen molar-refractivity contribution in [3.63, 3.8) is 0 Å².